The van der Waals surface area contributed by atoms with E-state index in [0.29, 0.717) is 42.0 Å². The van der Waals surface area contributed by atoms with E-state index in [4.69, 9.17) is 16.3 Å². The second-order valence-electron chi connectivity index (χ2n) is 9.16. The minimum absolute atomic E-state index is 0.0461. The number of halogens is 4. The Hall–Kier alpha value is -3.34. The Kier molecular flexibility index (Phi) is 5.42. The molecule has 1 aromatic heterocycles. The van der Waals surface area contributed by atoms with Gasteiger partial charge in [0.1, 0.15) is 17.2 Å². The maximum atomic E-state index is 12.9. The van der Waals surface area contributed by atoms with Crippen LogP contribution in [0.3, 0.4) is 0 Å². The first kappa shape index (κ1) is 23.4. The van der Waals surface area contributed by atoms with Crippen molar-refractivity contribution in [2.45, 2.75) is 55.6 Å². The van der Waals surface area contributed by atoms with E-state index in [2.05, 4.69) is 20.4 Å². The van der Waals surface area contributed by atoms with Crippen LogP contribution in [0.15, 0.2) is 36.5 Å². The summed E-state index contributed by atoms with van der Waals surface area (Å²) in [5, 5.41) is 6.29. The Morgan fingerprint density at radius 3 is 2.49 bits per heavy atom. The molecule has 35 heavy (non-hydrogen) atoms. The zero-order chi connectivity index (χ0) is 25.0. The van der Waals surface area contributed by atoms with Crippen LogP contribution < -0.4 is 20.1 Å². The maximum absolute atomic E-state index is 12.9. The molecule has 3 saturated carbocycles. The predicted molar refractivity (Wildman–Crippen MR) is 115 cm³/mol. The first-order valence-electron chi connectivity index (χ1n) is 10.8. The standard InChI is InChI=1S/C23H19ClF3N3O5/c24-12-1-4-17-14(7-12)16(31)8-18(34-17)20(33)30-22-6-5-21(10-22,11-22)29-19(32)15-3-2-13(9-28-15)35-23(25,26)27/h1-4,7,9,18H,5-6,8,10-11H2,(H,29,32)(H,30,33). The third-order valence-electron chi connectivity index (χ3n) is 6.58. The van der Waals surface area contributed by atoms with Crippen molar-refractivity contribution in [3.05, 3.63) is 52.8 Å². The number of carbonyl (C=O) groups excluding carboxylic acids is 3. The SMILES string of the molecule is O=C(NC12CCC(NC(=O)C3CC(=O)c4cc(Cl)ccc4O3)(C1)C2)c1ccc(OC(F)(F)F)cn1. The molecule has 1 aliphatic heterocycles. The van der Waals surface area contributed by atoms with Gasteiger partial charge in [-0.25, -0.2) is 4.98 Å². The van der Waals surface area contributed by atoms with Crippen molar-refractivity contribution in [3.8, 4) is 11.5 Å². The molecule has 0 saturated heterocycles. The average molecular weight is 510 g/mol. The van der Waals surface area contributed by atoms with Crippen LogP contribution in [0, 0.1) is 0 Å². The summed E-state index contributed by atoms with van der Waals surface area (Å²) in [4.78, 5) is 41.7. The molecular formula is C23H19ClF3N3O5. The highest BCUT2D eigenvalue weighted by atomic mass is 35.5. The molecule has 1 aromatic carbocycles. The topological polar surface area (TPSA) is 107 Å². The van der Waals surface area contributed by atoms with Crippen LogP contribution in [0.1, 0.15) is 53.0 Å². The molecule has 12 heteroatoms. The van der Waals surface area contributed by atoms with Gasteiger partial charge >= 0.3 is 6.36 Å². The highest BCUT2D eigenvalue weighted by Crippen LogP contribution is 2.55. The smallest absolute Gasteiger partial charge is 0.479 e. The summed E-state index contributed by atoms with van der Waals surface area (Å²) in [7, 11) is 0. The number of fused-ring (bicyclic) bond motifs is 2. The number of Topliss-reactive ketones (excluding diaryl/α,β-unsaturated/α-hetero) is 1. The van der Waals surface area contributed by atoms with E-state index < -0.39 is 41.1 Å². The summed E-state index contributed by atoms with van der Waals surface area (Å²) in [5.74, 6) is -1.37. The van der Waals surface area contributed by atoms with Crippen molar-refractivity contribution in [2.75, 3.05) is 0 Å². The number of carbonyl (C=O) groups is 3. The summed E-state index contributed by atoms with van der Waals surface area (Å²) in [5.41, 5.74) is -0.762. The molecule has 184 valence electrons. The monoisotopic (exact) mass is 509 g/mol. The predicted octanol–water partition coefficient (Wildman–Crippen LogP) is 3.58. The number of nitrogens with one attached hydrogen (secondary N) is 2. The number of hydrogen-bond acceptors (Lipinski definition) is 6. The molecule has 2 aromatic rings. The highest BCUT2D eigenvalue weighted by molar-refractivity contribution is 6.31. The van der Waals surface area contributed by atoms with E-state index in [-0.39, 0.29) is 17.9 Å². The number of alkyl halides is 3. The lowest BCUT2D eigenvalue weighted by Crippen LogP contribution is -2.65. The van der Waals surface area contributed by atoms with Crippen molar-refractivity contribution < 1.29 is 37.0 Å². The Morgan fingerprint density at radius 2 is 1.83 bits per heavy atom. The number of ether oxygens (including phenoxy) is 2. The number of benzene rings is 1. The molecule has 0 radical (unpaired) electrons. The molecule has 3 fully saturated rings. The van der Waals surface area contributed by atoms with Gasteiger partial charge in [0.25, 0.3) is 11.8 Å². The van der Waals surface area contributed by atoms with Gasteiger partial charge in [0.05, 0.1) is 18.2 Å². The number of nitrogens with zero attached hydrogens (tertiary/aromatic N) is 1. The van der Waals surface area contributed by atoms with E-state index in [1.807, 2.05) is 0 Å². The molecule has 2 amide bonds. The van der Waals surface area contributed by atoms with E-state index in [0.717, 1.165) is 18.3 Å². The van der Waals surface area contributed by atoms with Crippen molar-refractivity contribution >= 4 is 29.2 Å². The lowest BCUT2D eigenvalue weighted by Gasteiger charge is -2.48. The zero-order valence-corrected chi connectivity index (χ0v) is 18.8. The second kappa shape index (κ2) is 8.11. The number of ketones is 1. The Balaban J connectivity index is 1.17. The fraction of sp³-hybridized carbons (Fsp3) is 0.391. The van der Waals surface area contributed by atoms with Crippen molar-refractivity contribution in [2.24, 2.45) is 0 Å². The van der Waals surface area contributed by atoms with Crippen LogP contribution >= 0.6 is 11.6 Å². The van der Waals surface area contributed by atoms with Gasteiger partial charge in [-0.3, -0.25) is 14.4 Å². The molecule has 2 N–H and O–H groups in total. The van der Waals surface area contributed by atoms with E-state index in [1.165, 1.54) is 6.07 Å². The number of rotatable bonds is 5. The summed E-state index contributed by atoms with van der Waals surface area (Å²) < 4.78 is 46.3. The van der Waals surface area contributed by atoms with Gasteiger partial charge in [-0.15, -0.1) is 13.2 Å². The Bertz CT molecular complexity index is 1210. The average Bonchev–Trinajstić information content (AvgIpc) is 3.28. The molecule has 6 rings (SSSR count). The van der Waals surface area contributed by atoms with E-state index in [9.17, 15) is 27.6 Å². The summed E-state index contributed by atoms with van der Waals surface area (Å²) in [6.45, 7) is 0. The van der Waals surface area contributed by atoms with Crippen molar-refractivity contribution in [1.82, 2.24) is 15.6 Å². The van der Waals surface area contributed by atoms with Gasteiger partial charge in [-0.1, -0.05) is 11.6 Å². The van der Waals surface area contributed by atoms with Crippen molar-refractivity contribution in [1.29, 1.82) is 0 Å². The second-order valence-corrected chi connectivity index (χ2v) is 9.60. The first-order valence-corrected chi connectivity index (χ1v) is 11.2. The number of pyridine rings is 1. The summed E-state index contributed by atoms with van der Waals surface area (Å²) in [6.07, 6.45) is -2.87. The van der Waals surface area contributed by atoms with Crippen LogP contribution in [-0.2, 0) is 4.79 Å². The first-order chi connectivity index (χ1) is 16.4. The lowest BCUT2D eigenvalue weighted by atomic mass is 9.71. The maximum Gasteiger partial charge on any atom is 0.573 e. The molecule has 2 bridgehead atoms. The van der Waals surface area contributed by atoms with E-state index in [1.54, 1.807) is 12.1 Å². The summed E-state index contributed by atoms with van der Waals surface area (Å²) >= 11 is 5.93. The fourth-order valence-electron chi connectivity index (χ4n) is 5.18. The number of amides is 2. The third-order valence-corrected chi connectivity index (χ3v) is 6.81. The normalized spacial score (nSPS) is 26.7. The quantitative estimate of drug-likeness (QED) is 0.638. The molecule has 2 heterocycles. The molecule has 1 unspecified atom stereocenters. The third kappa shape index (κ3) is 4.64. The fourth-order valence-corrected chi connectivity index (χ4v) is 5.35. The van der Waals surface area contributed by atoms with Crippen LogP contribution in [-0.4, -0.2) is 46.1 Å². The van der Waals surface area contributed by atoms with Crippen LogP contribution in [0.2, 0.25) is 5.02 Å². The molecule has 0 spiro atoms. The largest absolute Gasteiger partial charge is 0.573 e. The summed E-state index contributed by atoms with van der Waals surface area (Å²) in [6, 6.07) is 6.82. The van der Waals surface area contributed by atoms with Gasteiger partial charge in [0.2, 0.25) is 0 Å². The van der Waals surface area contributed by atoms with Gasteiger partial charge in [-0.05, 0) is 56.0 Å². The molecule has 4 aliphatic rings. The van der Waals surface area contributed by atoms with Crippen LogP contribution in [0.4, 0.5) is 13.2 Å². The lowest BCUT2D eigenvalue weighted by molar-refractivity contribution is -0.274. The molecule has 3 aliphatic carbocycles. The highest BCUT2D eigenvalue weighted by Gasteiger charge is 2.62. The molecular weight excluding hydrogens is 491 g/mol. The van der Waals surface area contributed by atoms with E-state index >= 15 is 0 Å². The molecule has 1 atom stereocenters. The zero-order valence-electron chi connectivity index (χ0n) is 18.1. The van der Waals surface area contributed by atoms with Crippen LogP contribution in [0.25, 0.3) is 0 Å². The van der Waals surface area contributed by atoms with Crippen molar-refractivity contribution in [3.63, 3.8) is 0 Å². The van der Waals surface area contributed by atoms with Gasteiger partial charge in [-0.2, -0.15) is 0 Å². The number of hydrogen-bond donors (Lipinski definition) is 2. The Labute approximate surface area is 202 Å². The minimum atomic E-state index is -4.85. The minimum Gasteiger partial charge on any atom is -0.479 e. The molecule has 8 nitrogen and oxygen atoms in total. The number of aromatic nitrogens is 1. The Morgan fingerprint density at radius 1 is 1.11 bits per heavy atom. The van der Waals surface area contributed by atoms with Gasteiger partial charge in [0, 0.05) is 16.1 Å². The van der Waals surface area contributed by atoms with Gasteiger partial charge in [0.15, 0.2) is 11.9 Å². The van der Waals surface area contributed by atoms with Gasteiger partial charge < -0.3 is 20.1 Å². The van der Waals surface area contributed by atoms with Crippen LogP contribution in [0.5, 0.6) is 11.5 Å².